The van der Waals surface area contributed by atoms with Gasteiger partial charge in [-0.05, 0) is 32.0 Å². The van der Waals surface area contributed by atoms with E-state index in [-0.39, 0.29) is 0 Å². The lowest BCUT2D eigenvalue weighted by Crippen LogP contribution is -2.00. The van der Waals surface area contributed by atoms with E-state index in [0.29, 0.717) is 6.04 Å². The molecule has 3 aromatic rings. The minimum absolute atomic E-state index is 0.360. The van der Waals surface area contributed by atoms with E-state index < -0.39 is 0 Å². The molecule has 1 radical (unpaired) electrons. The smallest absolute Gasteiger partial charge is 0.103 e. The minimum Gasteiger partial charge on any atom is -0.268 e. The molecule has 0 fully saturated rings. The second kappa shape index (κ2) is 3.73. The molecule has 4 heteroatoms. The molecular weight excluding hydrogens is 212 g/mol. The van der Waals surface area contributed by atoms with Gasteiger partial charge >= 0.3 is 0 Å². The zero-order chi connectivity index (χ0) is 11.8. The van der Waals surface area contributed by atoms with Gasteiger partial charge < -0.3 is 0 Å². The zero-order valence-electron chi connectivity index (χ0n) is 9.83. The lowest BCUT2D eigenvalue weighted by molar-refractivity contribution is 0.532. The fourth-order valence-electron chi connectivity index (χ4n) is 1.84. The number of hydrogen-bond acceptors (Lipinski definition) is 2. The Labute approximate surface area is 99.5 Å². The van der Waals surface area contributed by atoms with Crippen LogP contribution in [0.5, 0.6) is 0 Å². The maximum atomic E-state index is 4.38. The van der Waals surface area contributed by atoms with Gasteiger partial charge in [-0.15, -0.1) is 0 Å². The van der Waals surface area contributed by atoms with Crippen LogP contribution < -0.4 is 0 Å². The van der Waals surface area contributed by atoms with Gasteiger partial charge in [-0.1, -0.05) is 6.07 Å². The molecule has 0 aliphatic rings. The average Bonchev–Trinajstić information content (AvgIpc) is 2.95. The van der Waals surface area contributed by atoms with E-state index in [4.69, 9.17) is 0 Å². The van der Waals surface area contributed by atoms with Gasteiger partial charge in [0.25, 0.3) is 0 Å². The monoisotopic (exact) mass is 225 g/mol. The van der Waals surface area contributed by atoms with Crippen molar-refractivity contribution in [2.24, 2.45) is 0 Å². The van der Waals surface area contributed by atoms with E-state index in [1.165, 1.54) is 0 Å². The fourth-order valence-corrected chi connectivity index (χ4v) is 1.84. The van der Waals surface area contributed by atoms with E-state index in [0.717, 1.165) is 16.6 Å². The van der Waals surface area contributed by atoms with Crippen molar-refractivity contribution in [2.45, 2.75) is 19.9 Å². The molecule has 2 aromatic heterocycles. The fraction of sp³-hybridized carbons (Fsp3) is 0.231. The van der Waals surface area contributed by atoms with Crippen LogP contribution >= 0.6 is 0 Å². The van der Waals surface area contributed by atoms with E-state index in [1.807, 2.05) is 46.2 Å². The molecule has 1 aromatic carbocycles. The Balaban J connectivity index is 2.14. The molecule has 3 rings (SSSR count). The molecule has 0 saturated carbocycles. The Morgan fingerprint density at radius 2 is 2.12 bits per heavy atom. The molecule has 2 heterocycles. The third kappa shape index (κ3) is 1.62. The van der Waals surface area contributed by atoms with Crippen LogP contribution in [0.2, 0.25) is 0 Å². The predicted octanol–water partition coefficient (Wildman–Crippen LogP) is 2.60. The normalized spacial score (nSPS) is 11.5. The molecule has 85 valence electrons. The second-order valence-corrected chi connectivity index (χ2v) is 4.31. The third-order valence-electron chi connectivity index (χ3n) is 2.77. The number of fused-ring (bicyclic) bond motifs is 1. The minimum atomic E-state index is 0.360. The highest BCUT2D eigenvalue weighted by Gasteiger charge is 2.07. The van der Waals surface area contributed by atoms with Crippen LogP contribution in [0.15, 0.2) is 36.8 Å². The summed E-state index contributed by atoms with van der Waals surface area (Å²) in [5.41, 5.74) is 2.06. The Kier molecular flexibility index (Phi) is 2.21. The van der Waals surface area contributed by atoms with Gasteiger partial charge in [-0.3, -0.25) is 4.68 Å². The first-order chi connectivity index (χ1) is 8.25. The van der Waals surface area contributed by atoms with Crippen LogP contribution in [-0.4, -0.2) is 19.6 Å². The highest BCUT2D eigenvalue weighted by molar-refractivity contribution is 5.79. The summed E-state index contributed by atoms with van der Waals surface area (Å²) < 4.78 is 3.83. The molecule has 0 aliphatic carbocycles. The second-order valence-electron chi connectivity index (χ2n) is 4.31. The largest absolute Gasteiger partial charge is 0.268 e. The van der Waals surface area contributed by atoms with Crippen molar-refractivity contribution in [3.8, 4) is 5.69 Å². The highest BCUT2D eigenvalue weighted by Crippen LogP contribution is 2.17. The van der Waals surface area contributed by atoms with Crippen molar-refractivity contribution in [3.63, 3.8) is 0 Å². The molecule has 0 N–H and O–H groups in total. The van der Waals surface area contributed by atoms with Crippen LogP contribution in [-0.2, 0) is 0 Å². The average molecular weight is 225 g/mol. The molecular formula is C13H13N4. The molecule has 4 nitrogen and oxygen atoms in total. The van der Waals surface area contributed by atoms with Crippen LogP contribution in [0.3, 0.4) is 0 Å². The molecule has 0 amide bonds. The third-order valence-corrected chi connectivity index (χ3v) is 2.77. The maximum Gasteiger partial charge on any atom is 0.103 e. The summed E-state index contributed by atoms with van der Waals surface area (Å²) in [6, 6.07) is 9.25. The van der Waals surface area contributed by atoms with Crippen LogP contribution in [0.1, 0.15) is 19.9 Å². The zero-order valence-corrected chi connectivity index (χ0v) is 9.83. The van der Waals surface area contributed by atoms with Crippen molar-refractivity contribution in [1.29, 1.82) is 0 Å². The standard InChI is InChI=1S/C13H13N4/c1-10(2)16-9-12(8-14-16)17-13-6-4-3-5-11(13)7-15-17/h4-10H,1-2H3. The Bertz CT molecular complexity index is 648. The van der Waals surface area contributed by atoms with Crippen molar-refractivity contribution in [3.05, 3.63) is 42.9 Å². The van der Waals surface area contributed by atoms with Gasteiger partial charge in [0.1, 0.15) is 5.69 Å². The summed E-state index contributed by atoms with van der Waals surface area (Å²) in [5.74, 6) is 0. The van der Waals surface area contributed by atoms with Gasteiger partial charge in [0.2, 0.25) is 0 Å². The van der Waals surface area contributed by atoms with Gasteiger partial charge in [0.05, 0.1) is 24.1 Å². The summed E-state index contributed by atoms with van der Waals surface area (Å²) in [7, 11) is 0. The molecule has 17 heavy (non-hydrogen) atoms. The topological polar surface area (TPSA) is 35.6 Å². The summed E-state index contributed by atoms with van der Waals surface area (Å²) in [4.78, 5) is 0. The molecule has 0 saturated heterocycles. The predicted molar refractivity (Wildman–Crippen MR) is 66.1 cm³/mol. The Morgan fingerprint density at radius 1 is 1.24 bits per heavy atom. The quantitative estimate of drug-likeness (QED) is 0.672. The number of nitrogens with zero attached hydrogens (tertiary/aromatic N) is 4. The molecule has 0 unspecified atom stereocenters. The first-order valence-electron chi connectivity index (χ1n) is 5.64. The molecule has 0 aliphatic heterocycles. The van der Waals surface area contributed by atoms with Crippen LogP contribution in [0.25, 0.3) is 16.6 Å². The van der Waals surface area contributed by atoms with Crippen molar-refractivity contribution < 1.29 is 0 Å². The number of rotatable bonds is 2. The Morgan fingerprint density at radius 3 is 2.88 bits per heavy atom. The molecule has 0 bridgehead atoms. The van der Waals surface area contributed by atoms with Crippen molar-refractivity contribution in [1.82, 2.24) is 19.6 Å². The number of hydrogen-bond donors (Lipinski definition) is 0. The van der Waals surface area contributed by atoms with Crippen LogP contribution in [0, 0.1) is 6.07 Å². The van der Waals surface area contributed by atoms with Crippen molar-refractivity contribution in [2.75, 3.05) is 0 Å². The lowest BCUT2D eigenvalue weighted by atomic mass is 10.2. The van der Waals surface area contributed by atoms with E-state index in [2.05, 4.69) is 30.1 Å². The SMILES string of the molecule is CC(C)n1cc(-n2ncc3c[c]ccc32)cn1. The molecule has 0 atom stereocenters. The van der Waals surface area contributed by atoms with Gasteiger partial charge in [-0.2, -0.15) is 10.2 Å². The van der Waals surface area contributed by atoms with Gasteiger partial charge in [-0.25, -0.2) is 4.68 Å². The summed E-state index contributed by atoms with van der Waals surface area (Å²) in [6.07, 6.45) is 5.69. The molecule has 0 spiro atoms. The summed E-state index contributed by atoms with van der Waals surface area (Å²) in [5, 5.41) is 9.80. The first kappa shape index (κ1) is 10.1. The van der Waals surface area contributed by atoms with Gasteiger partial charge in [0.15, 0.2) is 0 Å². The Hall–Kier alpha value is -2.10. The number of benzene rings is 1. The van der Waals surface area contributed by atoms with Gasteiger partial charge in [0, 0.05) is 11.4 Å². The highest BCUT2D eigenvalue weighted by atomic mass is 15.3. The van der Waals surface area contributed by atoms with E-state index >= 15 is 0 Å². The van der Waals surface area contributed by atoms with E-state index in [1.54, 1.807) is 0 Å². The lowest BCUT2D eigenvalue weighted by Gasteiger charge is -2.03. The summed E-state index contributed by atoms with van der Waals surface area (Å²) >= 11 is 0. The number of aromatic nitrogens is 4. The van der Waals surface area contributed by atoms with Crippen molar-refractivity contribution >= 4 is 10.9 Å². The maximum absolute atomic E-state index is 4.38. The first-order valence-corrected chi connectivity index (χ1v) is 5.64. The summed E-state index contributed by atoms with van der Waals surface area (Å²) in [6.45, 7) is 4.21. The van der Waals surface area contributed by atoms with Crippen LogP contribution in [0.4, 0.5) is 0 Å². The van der Waals surface area contributed by atoms with E-state index in [9.17, 15) is 0 Å².